The Balaban J connectivity index is 1.37. The van der Waals surface area contributed by atoms with E-state index in [4.69, 9.17) is 0 Å². The van der Waals surface area contributed by atoms with Crippen molar-refractivity contribution >= 4 is 28.3 Å². The molecule has 1 aliphatic heterocycles. The fourth-order valence-electron chi connectivity index (χ4n) is 4.01. The molecule has 9 nitrogen and oxygen atoms in total. The lowest BCUT2D eigenvalue weighted by molar-refractivity contribution is -0.384. The number of imidazole rings is 1. The number of H-pyrrole nitrogens is 1. The first-order valence-corrected chi connectivity index (χ1v) is 9.86. The van der Waals surface area contributed by atoms with E-state index in [9.17, 15) is 19.7 Å². The molecule has 1 amide bonds. The van der Waals surface area contributed by atoms with Crippen LogP contribution in [-0.4, -0.2) is 52.0 Å². The first-order valence-electron chi connectivity index (χ1n) is 9.86. The Labute approximate surface area is 172 Å². The monoisotopic (exact) mass is 409 g/mol. The molecule has 0 unspecified atom stereocenters. The number of nitro groups is 1. The van der Waals surface area contributed by atoms with Crippen molar-refractivity contribution in [3.8, 4) is 0 Å². The Hall–Kier alpha value is -3.46. The molecule has 0 saturated carbocycles. The van der Waals surface area contributed by atoms with Crippen molar-refractivity contribution in [1.29, 1.82) is 0 Å². The highest BCUT2D eigenvalue weighted by atomic mass is 16.6. The molecule has 30 heavy (non-hydrogen) atoms. The van der Waals surface area contributed by atoms with Crippen LogP contribution >= 0.6 is 0 Å². The minimum Gasteiger partial charge on any atom is -0.314 e. The molecular formula is C21H23N5O4. The van der Waals surface area contributed by atoms with Crippen molar-refractivity contribution < 1.29 is 9.72 Å². The number of likely N-dealkylation sites (N-methyl/N-ethyl adjacent to an activating group) is 1. The van der Waals surface area contributed by atoms with E-state index in [1.807, 2.05) is 28.8 Å². The lowest BCUT2D eigenvalue weighted by Crippen LogP contribution is -2.43. The number of anilines is 1. The van der Waals surface area contributed by atoms with E-state index in [-0.39, 0.29) is 29.9 Å². The number of nitrogens with zero attached hydrogens (tertiary/aromatic N) is 4. The van der Waals surface area contributed by atoms with Gasteiger partial charge in [0.1, 0.15) is 0 Å². The van der Waals surface area contributed by atoms with Crippen LogP contribution in [0.5, 0.6) is 0 Å². The van der Waals surface area contributed by atoms with Gasteiger partial charge in [0.15, 0.2) is 0 Å². The number of likely N-dealkylation sites (tertiary alicyclic amines) is 1. The molecule has 0 spiro atoms. The van der Waals surface area contributed by atoms with Gasteiger partial charge in [0.25, 0.3) is 5.69 Å². The molecule has 1 fully saturated rings. The Morgan fingerprint density at radius 2 is 1.83 bits per heavy atom. The summed E-state index contributed by atoms with van der Waals surface area (Å²) in [5.41, 5.74) is 2.27. The highest BCUT2D eigenvalue weighted by molar-refractivity contribution is 5.94. The van der Waals surface area contributed by atoms with E-state index >= 15 is 0 Å². The maximum atomic E-state index is 12.7. The third-order valence-electron chi connectivity index (χ3n) is 5.73. The van der Waals surface area contributed by atoms with Crippen LogP contribution in [0.4, 0.5) is 11.4 Å². The molecule has 1 aliphatic rings. The molecule has 3 aromatic rings. The second kappa shape index (κ2) is 8.11. The molecule has 0 atom stereocenters. The average Bonchev–Trinajstić information content (AvgIpc) is 3.09. The van der Waals surface area contributed by atoms with Crippen molar-refractivity contribution in [2.75, 3.05) is 31.6 Å². The third-order valence-corrected chi connectivity index (χ3v) is 5.73. The van der Waals surface area contributed by atoms with Crippen LogP contribution in [0.3, 0.4) is 0 Å². The number of aromatic nitrogens is 2. The van der Waals surface area contributed by atoms with Gasteiger partial charge in [0.05, 0.1) is 22.5 Å². The summed E-state index contributed by atoms with van der Waals surface area (Å²) in [5.74, 6) is -0.0773. The van der Waals surface area contributed by atoms with Crippen molar-refractivity contribution in [3.63, 3.8) is 0 Å². The molecule has 0 aliphatic carbocycles. The van der Waals surface area contributed by atoms with Gasteiger partial charge in [-0.15, -0.1) is 0 Å². The SMILES string of the molecule is CN(C(=O)CN1CCC(n2c(=O)[nH]c3ccccc32)CC1)c1ccc([N+](=O)[O-])cc1. The molecule has 0 radical (unpaired) electrons. The quantitative estimate of drug-likeness (QED) is 0.515. The van der Waals surface area contributed by atoms with Crippen molar-refractivity contribution in [2.24, 2.45) is 0 Å². The lowest BCUT2D eigenvalue weighted by Gasteiger charge is -2.33. The maximum absolute atomic E-state index is 12.7. The number of aromatic amines is 1. The third kappa shape index (κ3) is 3.84. The van der Waals surface area contributed by atoms with Crippen LogP contribution in [-0.2, 0) is 4.79 Å². The fraction of sp³-hybridized carbons (Fsp3) is 0.333. The van der Waals surface area contributed by atoms with E-state index in [2.05, 4.69) is 9.88 Å². The summed E-state index contributed by atoms with van der Waals surface area (Å²) < 4.78 is 1.83. The molecule has 1 aromatic heterocycles. The number of nitrogens with one attached hydrogen (secondary N) is 1. The molecule has 156 valence electrons. The van der Waals surface area contributed by atoms with Crippen LogP contribution in [0.1, 0.15) is 18.9 Å². The molecule has 1 saturated heterocycles. The van der Waals surface area contributed by atoms with Gasteiger partial charge in [0, 0.05) is 44.0 Å². The minimum absolute atomic E-state index is 0.00538. The van der Waals surface area contributed by atoms with Crippen molar-refractivity contribution in [1.82, 2.24) is 14.5 Å². The summed E-state index contributed by atoms with van der Waals surface area (Å²) in [4.78, 5) is 41.9. The average molecular weight is 409 g/mol. The number of amides is 1. The van der Waals surface area contributed by atoms with Gasteiger partial charge in [-0.3, -0.25) is 24.4 Å². The van der Waals surface area contributed by atoms with Crippen molar-refractivity contribution in [3.05, 3.63) is 69.1 Å². The van der Waals surface area contributed by atoms with Gasteiger partial charge < -0.3 is 9.88 Å². The lowest BCUT2D eigenvalue weighted by atomic mass is 10.0. The largest absolute Gasteiger partial charge is 0.326 e. The van der Waals surface area contributed by atoms with Crippen molar-refractivity contribution in [2.45, 2.75) is 18.9 Å². The first kappa shape index (κ1) is 19.8. The number of piperidine rings is 1. The Bertz CT molecular complexity index is 1130. The highest BCUT2D eigenvalue weighted by Gasteiger charge is 2.25. The van der Waals surface area contributed by atoms with E-state index in [1.54, 1.807) is 19.2 Å². The molecule has 9 heteroatoms. The summed E-state index contributed by atoms with van der Waals surface area (Å²) in [6, 6.07) is 13.7. The molecular weight excluding hydrogens is 386 g/mol. The number of fused-ring (bicyclic) bond motifs is 1. The normalized spacial score (nSPS) is 15.4. The van der Waals surface area contributed by atoms with Gasteiger partial charge in [-0.05, 0) is 37.1 Å². The second-order valence-electron chi connectivity index (χ2n) is 7.55. The van der Waals surface area contributed by atoms with E-state index in [0.29, 0.717) is 5.69 Å². The summed E-state index contributed by atoms with van der Waals surface area (Å²) >= 11 is 0. The van der Waals surface area contributed by atoms with Gasteiger partial charge in [-0.2, -0.15) is 0 Å². The Kier molecular flexibility index (Phi) is 5.37. The van der Waals surface area contributed by atoms with Gasteiger partial charge >= 0.3 is 5.69 Å². The standard InChI is InChI=1S/C21H23N5O4/c1-23(15-6-8-17(9-7-15)26(29)30)20(27)14-24-12-10-16(11-13-24)25-19-5-3-2-4-18(19)22-21(25)28/h2-9,16H,10-14H2,1H3,(H,22,28). The van der Waals surface area contributed by atoms with Crippen LogP contribution in [0.25, 0.3) is 11.0 Å². The van der Waals surface area contributed by atoms with Crippen LogP contribution in [0.2, 0.25) is 0 Å². The fourth-order valence-corrected chi connectivity index (χ4v) is 4.01. The number of hydrogen-bond acceptors (Lipinski definition) is 5. The van der Waals surface area contributed by atoms with E-state index in [1.165, 1.54) is 17.0 Å². The zero-order chi connectivity index (χ0) is 21.3. The van der Waals surface area contributed by atoms with E-state index < -0.39 is 4.92 Å². The zero-order valence-electron chi connectivity index (χ0n) is 16.7. The molecule has 1 N–H and O–H groups in total. The molecule has 2 heterocycles. The smallest absolute Gasteiger partial charge is 0.314 e. The number of carbonyl (C=O) groups is 1. The number of non-ortho nitro benzene ring substituents is 1. The second-order valence-corrected chi connectivity index (χ2v) is 7.55. The summed E-state index contributed by atoms with van der Waals surface area (Å²) in [5, 5.41) is 10.8. The number of nitro benzene ring substituents is 1. The molecule has 2 aromatic carbocycles. The number of hydrogen-bond donors (Lipinski definition) is 1. The Morgan fingerprint density at radius 1 is 1.17 bits per heavy atom. The zero-order valence-corrected chi connectivity index (χ0v) is 16.7. The topological polar surface area (TPSA) is 104 Å². The molecule has 0 bridgehead atoms. The van der Waals surface area contributed by atoms with Gasteiger partial charge in [-0.1, -0.05) is 12.1 Å². The van der Waals surface area contributed by atoms with Gasteiger partial charge in [0.2, 0.25) is 5.91 Å². The number of rotatable bonds is 5. The molecule has 4 rings (SSSR count). The number of para-hydroxylation sites is 2. The Morgan fingerprint density at radius 3 is 2.50 bits per heavy atom. The summed E-state index contributed by atoms with van der Waals surface area (Å²) in [6.45, 7) is 1.70. The predicted octanol–water partition coefficient (Wildman–Crippen LogP) is 2.54. The number of benzene rings is 2. The van der Waals surface area contributed by atoms with Crippen LogP contribution in [0, 0.1) is 10.1 Å². The van der Waals surface area contributed by atoms with Gasteiger partial charge in [-0.25, -0.2) is 4.79 Å². The summed E-state index contributed by atoms with van der Waals surface area (Å²) in [6.07, 6.45) is 1.58. The number of carbonyl (C=O) groups excluding carboxylic acids is 1. The highest BCUT2D eigenvalue weighted by Crippen LogP contribution is 2.25. The van der Waals surface area contributed by atoms with E-state index in [0.717, 1.165) is 37.0 Å². The first-order chi connectivity index (χ1) is 14.4. The minimum atomic E-state index is -0.464. The summed E-state index contributed by atoms with van der Waals surface area (Å²) in [7, 11) is 1.67. The maximum Gasteiger partial charge on any atom is 0.326 e. The van der Waals surface area contributed by atoms with Crippen LogP contribution in [0.15, 0.2) is 53.3 Å². The van der Waals surface area contributed by atoms with Crippen LogP contribution < -0.4 is 10.6 Å². The predicted molar refractivity (Wildman–Crippen MR) is 114 cm³/mol.